The molecular formula is C17H24N2S2. The number of hydrogen-bond acceptors (Lipinski definition) is 4. The van der Waals surface area contributed by atoms with E-state index in [-0.39, 0.29) is 0 Å². The molecule has 1 aromatic heterocycles. The third-order valence-electron chi connectivity index (χ3n) is 3.10. The quantitative estimate of drug-likeness (QED) is 0.722. The van der Waals surface area contributed by atoms with Crippen LogP contribution < -0.4 is 5.32 Å². The van der Waals surface area contributed by atoms with E-state index in [0.29, 0.717) is 12.0 Å². The van der Waals surface area contributed by atoms with Crippen LogP contribution in [0.3, 0.4) is 0 Å². The first kappa shape index (κ1) is 16.5. The minimum atomic E-state index is 0.487. The average Bonchev–Trinajstić information content (AvgIpc) is 2.87. The van der Waals surface area contributed by atoms with Gasteiger partial charge in [0.2, 0.25) is 0 Å². The molecule has 2 aromatic rings. The molecule has 0 saturated carbocycles. The van der Waals surface area contributed by atoms with E-state index < -0.39 is 0 Å². The predicted octanol–water partition coefficient (Wildman–Crippen LogP) is 5.06. The smallest absolute Gasteiger partial charge is 0.103 e. The monoisotopic (exact) mass is 320 g/mol. The van der Waals surface area contributed by atoms with Gasteiger partial charge in [0, 0.05) is 22.4 Å². The van der Waals surface area contributed by atoms with Crippen molar-refractivity contribution in [1.82, 2.24) is 10.3 Å². The van der Waals surface area contributed by atoms with Gasteiger partial charge in [-0.3, -0.25) is 0 Å². The molecule has 0 unspecified atom stereocenters. The Balaban J connectivity index is 2.04. The topological polar surface area (TPSA) is 24.9 Å². The summed E-state index contributed by atoms with van der Waals surface area (Å²) < 4.78 is 0. The Labute approximate surface area is 136 Å². The number of nitrogens with one attached hydrogen (secondary N) is 1. The van der Waals surface area contributed by atoms with Crippen molar-refractivity contribution in [3.63, 3.8) is 0 Å². The lowest BCUT2D eigenvalue weighted by Gasteiger charge is -2.09. The number of aromatic nitrogens is 1. The van der Waals surface area contributed by atoms with Crippen LogP contribution in [0.4, 0.5) is 0 Å². The second-order valence-corrected chi connectivity index (χ2v) is 7.92. The van der Waals surface area contributed by atoms with Crippen LogP contribution in [0.1, 0.15) is 49.2 Å². The Morgan fingerprint density at radius 1 is 1.14 bits per heavy atom. The van der Waals surface area contributed by atoms with Crippen LogP contribution in [0.2, 0.25) is 0 Å². The summed E-state index contributed by atoms with van der Waals surface area (Å²) in [5.41, 5.74) is 1.26. The van der Waals surface area contributed by atoms with Crippen molar-refractivity contribution in [3.8, 4) is 0 Å². The number of benzene rings is 1. The largest absolute Gasteiger partial charge is 0.310 e. The first-order chi connectivity index (χ1) is 10.1. The minimum absolute atomic E-state index is 0.487. The third-order valence-corrected chi connectivity index (χ3v) is 5.37. The Morgan fingerprint density at radius 2 is 1.86 bits per heavy atom. The highest BCUT2D eigenvalue weighted by molar-refractivity contribution is 7.98. The summed E-state index contributed by atoms with van der Waals surface area (Å²) in [5, 5.41) is 4.74. The molecule has 0 atom stereocenters. The van der Waals surface area contributed by atoms with Gasteiger partial charge >= 0.3 is 0 Å². The van der Waals surface area contributed by atoms with Gasteiger partial charge in [0.05, 0.1) is 11.4 Å². The van der Waals surface area contributed by atoms with Crippen molar-refractivity contribution < 1.29 is 0 Å². The fraction of sp³-hybridized carbons (Fsp3) is 0.471. The molecule has 0 aliphatic carbocycles. The SMILES string of the molecule is CC(C)NCc1sc(CSc2ccccc2)nc1C(C)C. The first-order valence-electron chi connectivity index (χ1n) is 7.46. The van der Waals surface area contributed by atoms with Crippen LogP contribution in [-0.4, -0.2) is 11.0 Å². The molecule has 0 bridgehead atoms. The molecule has 2 rings (SSSR count). The van der Waals surface area contributed by atoms with E-state index in [1.165, 1.54) is 20.5 Å². The summed E-state index contributed by atoms with van der Waals surface area (Å²) >= 11 is 3.71. The van der Waals surface area contributed by atoms with Gasteiger partial charge in [-0.25, -0.2) is 4.98 Å². The van der Waals surface area contributed by atoms with E-state index in [1.807, 2.05) is 23.1 Å². The molecule has 1 aromatic carbocycles. The van der Waals surface area contributed by atoms with Crippen LogP contribution in [-0.2, 0) is 12.3 Å². The molecule has 0 saturated heterocycles. The van der Waals surface area contributed by atoms with Crippen molar-refractivity contribution >= 4 is 23.1 Å². The van der Waals surface area contributed by atoms with E-state index in [9.17, 15) is 0 Å². The van der Waals surface area contributed by atoms with Crippen molar-refractivity contribution in [2.24, 2.45) is 0 Å². The molecule has 4 heteroatoms. The van der Waals surface area contributed by atoms with Gasteiger partial charge < -0.3 is 5.32 Å². The third kappa shape index (κ3) is 5.13. The van der Waals surface area contributed by atoms with Crippen LogP contribution in [0.5, 0.6) is 0 Å². The molecule has 0 aliphatic heterocycles. The highest BCUT2D eigenvalue weighted by atomic mass is 32.2. The van der Waals surface area contributed by atoms with Crippen LogP contribution in [0.25, 0.3) is 0 Å². The van der Waals surface area contributed by atoms with Crippen molar-refractivity contribution in [3.05, 3.63) is 45.9 Å². The number of nitrogens with zero attached hydrogens (tertiary/aromatic N) is 1. The molecule has 0 aliphatic rings. The fourth-order valence-electron chi connectivity index (χ4n) is 2.01. The molecule has 0 fully saturated rings. The van der Waals surface area contributed by atoms with Gasteiger partial charge in [0.1, 0.15) is 5.01 Å². The normalized spacial score (nSPS) is 11.5. The van der Waals surface area contributed by atoms with E-state index >= 15 is 0 Å². The number of rotatable bonds is 7. The van der Waals surface area contributed by atoms with Gasteiger partial charge in [0.15, 0.2) is 0 Å². The van der Waals surface area contributed by atoms with Crippen LogP contribution >= 0.6 is 23.1 Å². The maximum atomic E-state index is 4.86. The van der Waals surface area contributed by atoms with Gasteiger partial charge in [0.25, 0.3) is 0 Å². The Hall–Kier alpha value is -0.840. The van der Waals surface area contributed by atoms with E-state index in [2.05, 4.69) is 63.3 Å². The van der Waals surface area contributed by atoms with Crippen LogP contribution in [0, 0.1) is 0 Å². The molecule has 1 N–H and O–H groups in total. The minimum Gasteiger partial charge on any atom is -0.310 e. The molecule has 0 amide bonds. The average molecular weight is 321 g/mol. The summed E-state index contributed by atoms with van der Waals surface area (Å²) in [6.07, 6.45) is 0. The molecule has 2 nitrogen and oxygen atoms in total. The van der Waals surface area contributed by atoms with Gasteiger partial charge in [-0.15, -0.1) is 23.1 Å². The molecule has 0 radical (unpaired) electrons. The second kappa shape index (κ2) is 7.97. The maximum absolute atomic E-state index is 4.86. The van der Waals surface area contributed by atoms with Crippen LogP contribution in [0.15, 0.2) is 35.2 Å². The van der Waals surface area contributed by atoms with Crippen molar-refractivity contribution in [2.45, 2.75) is 56.8 Å². The standard InChI is InChI=1S/C17H24N2S2/c1-12(2)17-15(10-18-13(3)4)21-16(19-17)11-20-14-8-6-5-7-9-14/h5-9,12-13,18H,10-11H2,1-4H3. The summed E-state index contributed by atoms with van der Waals surface area (Å²) in [6, 6.07) is 11.0. The maximum Gasteiger partial charge on any atom is 0.103 e. The molecule has 114 valence electrons. The second-order valence-electron chi connectivity index (χ2n) is 5.71. The number of thioether (sulfide) groups is 1. The van der Waals surface area contributed by atoms with E-state index in [1.54, 1.807) is 0 Å². The predicted molar refractivity (Wildman–Crippen MR) is 94.2 cm³/mol. The van der Waals surface area contributed by atoms with Gasteiger partial charge in [-0.05, 0) is 18.1 Å². The number of hydrogen-bond donors (Lipinski definition) is 1. The summed E-state index contributed by atoms with van der Waals surface area (Å²) in [4.78, 5) is 7.56. The Kier molecular flexibility index (Phi) is 6.27. The zero-order valence-electron chi connectivity index (χ0n) is 13.2. The summed E-state index contributed by atoms with van der Waals surface area (Å²) in [7, 11) is 0. The van der Waals surface area contributed by atoms with Crippen molar-refractivity contribution in [1.29, 1.82) is 0 Å². The summed E-state index contributed by atoms with van der Waals surface area (Å²) in [6.45, 7) is 9.74. The molecular weight excluding hydrogens is 296 g/mol. The zero-order chi connectivity index (χ0) is 15.2. The lowest BCUT2D eigenvalue weighted by Crippen LogP contribution is -2.22. The fourth-order valence-corrected chi connectivity index (χ4v) is 4.10. The van der Waals surface area contributed by atoms with E-state index in [0.717, 1.165) is 12.3 Å². The Morgan fingerprint density at radius 3 is 2.48 bits per heavy atom. The zero-order valence-corrected chi connectivity index (χ0v) is 14.9. The molecule has 1 heterocycles. The summed E-state index contributed by atoms with van der Waals surface area (Å²) in [5.74, 6) is 1.44. The molecule has 21 heavy (non-hydrogen) atoms. The lowest BCUT2D eigenvalue weighted by atomic mass is 10.1. The first-order valence-corrected chi connectivity index (χ1v) is 9.26. The number of thiazole rings is 1. The van der Waals surface area contributed by atoms with Gasteiger partial charge in [-0.1, -0.05) is 45.9 Å². The molecule has 0 spiro atoms. The Bertz CT molecular complexity index is 547. The lowest BCUT2D eigenvalue weighted by molar-refractivity contribution is 0.588. The highest BCUT2D eigenvalue weighted by Crippen LogP contribution is 2.30. The van der Waals surface area contributed by atoms with E-state index in [4.69, 9.17) is 4.98 Å². The van der Waals surface area contributed by atoms with Crippen molar-refractivity contribution in [2.75, 3.05) is 0 Å². The highest BCUT2D eigenvalue weighted by Gasteiger charge is 2.14. The van der Waals surface area contributed by atoms with Gasteiger partial charge in [-0.2, -0.15) is 0 Å².